The predicted octanol–water partition coefficient (Wildman–Crippen LogP) is 11.5. The average Bonchev–Trinajstić information content (AvgIpc) is 3.76. The van der Waals surface area contributed by atoms with Gasteiger partial charge in [0.1, 0.15) is 11.4 Å². The van der Waals surface area contributed by atoms with Crippen molar-refractivity contribution >= 4 is 67.6 Å². The van der Waals surface area contributed by atoms with Gasteiger partial charge < -0.3 is 34.6 Å². The van der Waals surface area contributed by atoms with Crippen molar-refractivity contribution in [3.05, 3.63) is 158 Å². The van der Waals surface area contributed by atoms with Crippen LogP contribution in [0, 0.1) is 16.0 Å². The molecule has 5 aliphatic rings. The molecule has 408 valence electrons. The fourth-order valence-electron chi connectivity index (χ4n) is 10.5. The van der Waals surface area contributed by atoms with Crippen LogP contribution in [0.4, 0.5) is 35.9 Å². The third-order valence-corrected chi connectivity index (χ3v) is 16.9. The standard InChI is InChI=1S/C50H51ClF3N7O6S2.C4H11N.C2H6/c1-31-40(30-49(2)44-43(48(63)60-25-21-41(62)42(31)46(49)60)47(50(52,53)54)57(3)45(44)32-9-7-10-33(51)14-13-32)59-24-8-23-58(26-27-59)35-17-15-34(16-18-35)56-69(66,67)37-19-20-38(39(29-37)61(64)65)55-22-28-68-36-11-5-4-6-12-36;1-4-5(2)3;1-2/h4-7,9,11-20,29-31,41,55-56,62H,8,10,21-28H2,1-3H3;4H2,1-3H3;1-2H3. The number of aliphatic hydroxyl groups excluding tert-OH is 1. The van der Waals surface area contributed by atoms with E-state index in [4.69, 9.17) is 11.6 Å². The van der Waals surface area contributed by atoms with E-state index < -0.39 is 44.2 Å². The Bertz CT molecular complexity index is 3070. The molecule has 0 spiro atoms. The molecule has 3 aromatic carbocycles. The van der Waals surface area contributed by atoms with Crippen LogP contribution < -0.4 is 14.9 Å². The van der Waals surface area contributed by atoms with Crippen LogP contribution in [-0.2, 0) is 28.7 Å². The first-order chi connectivity index (χ1) is 36.1. The van der Waals surface area contributed by atoms with Crippen LogP contribution in [0.25, 0.3) is 5.57 Å². The Kier molecular flexibility index (Phi) is 18.3. The van der Waals surface area contributed by atoms with Crippen LogP contribution in [0.1, 0.15) is 81.2 Å². The topological polar surface area (TPSA) is 157 Å². The number of sulfonamides is 1. The highest BCUT2D eigenvalue weighted by molar-refractivity contribution is 7.99. The maximum atomic E-state index is 15.2. The number of aromatic nitrogens is 1. The molecule has 3 unspecified atom stereocenters. The van der Waals surface area contributed by atoms with E-state index in [2.05, 4.69) is 45.8 Å². The molecule has 14 nitrogen and oxygen atoms in total. The monoisotopic (exact) mass is 1100 g/mol. The third kappa shape index (κ3) is 12.1. The first-order valence-electron chi connectivity index (χ1n) is 25.6. The zero-order chi connectivity index (χ0) is 55.3. The summed E-state index contributed by atoms with van der Waals surface area (Å²) in [6, 6.07) is 20.4. The molecule has 3 aliphatic heterocycles. The van der Waals surface area contributed by atoms with Gasteiger partial charge in [-0.15, -0.1) is 11.8 Å². The van der Waals surface area contributed by atoms with Crippen LogP contribution in [0.15, 0.2) is 135 Å². The van der Waals surface area contributed by atoms with Gasteiger partial charge in [0.25, 0.3) is 21.6 Å². The van der Waals surface area contributed by atoms with E-state index in [0.29, 0.717) is 73.2 Å². The van der Waals surface area contributed by atoms with E-state index in [-0.39, 0.29) is 57.7 Å². The maximum Gasteiger partial charge on any atom is 0.432 e. The second-order valence-electron chi connectivity index (χ2n) is 19.3. The van der Waals surface area contributed by atoms with Crippen LogP contribution in [0.5, 0.6) is 0 Å². The van der Waals surface area contributed by atoms with Crippen molar-refractivity contribution in [2.75, 3.05) is 80.6 Å². The SMILES string of the molecule is CC.CC1C(N2CCCN(c3ccc(NS(=O)(=O)c4ccc(NCCSc5ccccc5)c([N+](=O)[O-])c4)cc3)CC2)=CC2(C)C3=C1C(O)CCN3C(=O)c1c2c(C2=CC=C(Cl)CC=C2)n(C)c1C(F)(F)F.CCN(C)C. The van der Waals surface area contributed by atoms with Gasteiger partial charge in [-0.05, 0) is 112 Å². The fraction of sp³-hybridized carbons (Fsp3) is 0.411. The van der Waals surface area contributed by atoms with Crippen LogP contribution in [0.2, 0.25) is 0 Å². The van der Waals surface area contributed by atoms with E-state index in [1.165, 1.54) is 24.1 Å². The number of carbonyl (C=O) groups excluding carboxylic acids is 1. The zero-order valence-electron chi connectivity index (χ0n) is 44.2. The number of benzene rings is 3. The molecule has 1 saturated heterocycles. The number of allylic oxidation sites excluding steroid dienone is 8. The number of rotatable bonds is 13. The first kappa shape index (κ1) is 57.7. The summed E-state index contributed by atoms with van der Waals surface area (Å²) in [4.78, 5) is 34.7. The molecule has 2 aliphatic carbocycles. The number of amides is 1. The van der Waals surface area contributed by atoms with Gasteiger partial charge in [-0.25, -0.2) is 8.42 Å². The molecular weight excluding hydrogens is 1040 g/mol. The number of nitrogens with zero attached hydrogens (tertiary/aromatic N) is 6. The normalized spacial score (nSPS) is 20.4. The number of aliphatic hydroxyl groups is 1. The number of alkyl halides is 3. The van der Waals surface area contributed by atoms with Crippen molar-refractivity contribution in [1.29, 1.82) is 0 Å². The molecule has 0 bridgehead atoms. The van der Waals surface area contributed by atoms with Crippen molar-refractivity contribution in [1.82, 2.24) is 19.3 Å². The van der Waals surface area contributed by atoms with Gasteiger partial charge in [0.15, 0.2) is 0 Å². The van der Waals surface area contributed by atoms with Crippen molar-refractivity contribution in [2.24, 2.45) is 13.0 Å². The molecule has 9 rings (SSSR count). The highest BCUT2D eigenvalue weighted by Crippen LogP contribution is 2.57. The lowest BCUT2D eigenvalue weighted by Crippen LogP contribution is -2.54. The number of halogens is 4. The number of thioether (sulfide) groups is 1. The van der Waals surface area contributed by atoms with Gasteiger partial charge in [-0.3, -0.25) is 19.6 Å². The summed E-state index contributed by atoms with van der Waals surface area (Å²) in [5.41, 5.74) is 1.31. The lowest BCUT2D eigenvalue weighted by Gasteiger charge is -2.52. The smallest absolute Gasteiger partial charge is 0.389 e. The second-order valence-corrected chi connectivity index (χ2v) is 22.6. The maximum absolute atomic E-state index is 15.2. The predicted molar refractivity (Wildman–Crippen MR) is 299 cm³/mol. The Hall–Kier alpha value is -5.99. The zero-order valence-corrected chi connectivity index (χ0v) is 46.6. The van der Waals surface area contributed by atoms with Crippen LogP contribution in [0.3, 0.4) is 0 Å². The molecule has 20 heteroatoms. The number of hydrogen-bond donors (Lipinski definition) is 3. The molecule has 76 heavy (non-hydrogen) atoms. The Labute approximate surface area is 453 Å². The number of carbonyl (C=O) groups is 1. The second kappa shape index (κ2) is 24.1. The quantitative estimate of drug-likeness (QED) is 0.0507. The van der Waals surface area contributed by atoms with Gasteiger partial charge in [0.2, 0.25) is 0 Å². The first-order valence-corrected chi connectivity index (χ1v) is 28.5. The Morgan fingerprint density at radius 1 is 0.987 bits per heavy atom. The van der Waals surface area contributed by atoms with Crippen molar-refractivity contribution in [3.8, 4) is 0 Å². The van der Waals surface area contributed by atoms with Gasteiger partial charge in [-0.2, -0.15) is 13.2 Å². The highest BCUT2D eigenvalue weighted by atomic mass is 35.5. The molecule has 1 amide bonds. The largest absolute Gasteiger partial charge is 0.432 e. The summed E-state index contributed by atoms with van der Waals surface area (Å²) in [6.45, 7) is 13.9. The lowest BCUT2D eigenvalue weighted by atomic mass is 9.64. The van der Waals surface area contributed by atoms with Gasteiger partial charge in [-0.1, -0.05) is 75.7 Å². The van der Waals surface area contributed by atoms with E-state index in [0.717, 1.165) is 33.5 Å². The van der Waals surface area contributed by atoms with Gasteiger partial charge >= 0.3 is 6.18 Å². The van der Waals surface area contributed by atoms with Crippen molar-refractivity contribution < 1.29 is 36.4 Å². The van der Waals surface area contributed by atoms with Crippen molar-refractivity contribution in [3.63, 3.8) is 0 Å². The van der Waals surface area contributed by atoms with E-state index in [9.17, 15) is 28.4 Å². The van der Waals surface area contributed by atoms with Crippen molar-refractivity contribution in [2.45, 2.75) is 81.4 Å². The Morgan fingerprint density at radius 2 is 1.66 bits per heavy atom. The van der Waals surface area contributed by atoms with Crippen LogP contribution in [-0.4, -0.2) is 115 Å². The number of anilines is 3. The summed E-state index contributed by atoms with van der Waals surface area (Å²) in [7, 11) is 1.25. The number of nitrogens with one attached hydrogen (secondary N) is 2. The lowest BCUT2D eigenvalue weighted by molar-refractivity contribution is -0.384. The summed E-state index contributed by atoms with van der Waals surface area (Å²) in [6.07, 6.45) is 4.43. The molecule has 0 radical (unpaired) electrons. The summed E-state index contributed by atoms with van der Waals surface area (Å²) in [5, 5.41) is 27.3. The van der Waals surface area contributed by atoms with Gasteiger partial charge in [0, 0.05) is 109 Å². The minimum atomic E-state index is -4.86. The number of nitro groups is 1. The number of fused-ring (bicyclic) bond motifs is 2. The highest BCUT2D eigenvalue weighted by Gasteiger charge is 2.57. The van der Waals surface area contributed by atoms with E-state index >= 15 is 13.2 Å². The van der Waals surface area contributed by atoms with Gasteiger partial charge in [0.05, 0.1) is 32.6 Å². The summed E-state index contributed by atoms with van der Waals surface area (Å²) < 4.78 is 76.4. The minimum Gasteiger partial charge on any atom is -0.389 e. The Morgan fingerprint density at radius 3 is 2.32 bits per heavy atom. The molecule has 4 aromatic rings. The minimum absolute atomic E-state index is 0.0775. The molecular formula is C56H68ClF3N8O6S2. The number of hydrogen-bond acceptors (Lipinski definition) is 11. The van der Waals surface area contributed by atoms with E-state index in [1.807, 2.05) is 64.1 Å². The third-order valence-electron chi connectivity index (χ3n) is 14.2. The average molecular weight is 1110 g/mol. The molecule has 3 atom stereocenters. The molecule has 0 saturated carbocycles. The molecule has 1 fully saturated rings. The number of nitro benzene ring substituents is 1. The molecule has 1 aromatic heterocycles. The fourth-order valence-corrected chi connectivity index (χ4v) is 12.5. The van der Waals surface area contributed by atoms with Crippen LogP contribution >= 0.6 is 23.4 Å². The molecule has 3 N–H and O–H groups in total. The summed E-state index contributed by atoms with van der Waals surface area (Å²) in [5.74, 6) is -0.449. The van der Waals surface area contributed by atoms with E-state index in [1.54, 1.807) is 60.3 Å². The summed E-state index contributed by atoms with van der Waals surface area (Å²) >= 11 is 7.96. The Balaban J connectivity index is 0.00000113. The molecule has 4 heterocycles.